The lowest BCUT2D eigenvalue weighted by Crippen LogP contribution is -1.99. The monoisotopic (exact) mass is 305 g/mol. The number of hydrogen-bond donors (Lipinski definition) is 1. The summed E-state index contributed by atoms with van der Waals surface area (Å²) in [6.45, 7) is 4.18. The summed E-state index contributed by atoms with van der Waals surface area (Å²) in [5, 5.41) is 0. The van der Waals surface area contributed by atoms with Crippen LogP contribution < -0.4 is 10.5 Å². The Morgan fingerprint density at radius 3 is 2.17 bits per heavy atom. The fourth-order valence-corrected chi connectivity index (χ4v) is 2.44. The van der Waals surface area contributed by atoms with Gasteiger partial charge in [-0.3, -0.25) is 0 Å². The zero-order valence-electron chi connectivity index (χ0n) is 13.5. The summed E-state index contributed by atoms with van der Waals surface area (Å²) in [5.74, 6) is 1.05. The molecule has 0 bridgehead atoms. The molecule has 0 radical (unpaired) electrons. The molecular formula is C19H19N3O. The van der Waals surface area contributed by atoms with Gasteiger partial charge in [0.1, 0.15) is 5.75 Å². The highest BCUT2D eigenvalue weighted by molar-refractivity contribution is 5.70. The Morgan fingerprint density at radius 1 is 0.826 bits per heavy atom. The van der Waals surface area contributed by atoms with Crippen LogP contribution in [-0.4, -0.2) is 17.1 Å². The number of rotatable bonds is 3. The molecule has 23 heavy (non-hydrogen) atoms. The van der Waals surface area contributed by atoms with Crippen LogP contribution in [0.15, 0.2) is 48.5 Å². The predicted octanol–water partition coefficient (Wildman–Crippen LogP) is 4.02. The van der Waals surface area contributed by atoms with Crippen LogP contribution in [0.25, 0.3) is 22.5 Å². The van der Waals surface area contributed by atoms with Gasteiger partial charge in [0.2, 0.25) is 5.95 Å². The lowest BCUT2D eigenvalue weighted by Gasteiger charge is -2.09. The fourth-order valence-electron chi connectivity index (χ4n) is 2.44. The van der Waals surface area contributed by atoms with Crippen molar-refractivity contribution in [3.05, 3.63) is 59.7 Å². The van der Waals surface area contributed by atoms with Crippen LogP contribution in [0.3, 0.4) is 0 Å². The van der Waals surface area contributed by atoms with Crippen LogP contribution in [-0.2, 0) is 0 Å². The lowest BCUT2D eigenvalue weighted by atomic mass is 10.0. The summed E-state index contributed by atoms with van der Waals surface area (Å²) < 4.78 is 5.28. The maximum absolute atomic E-state index is 5.92. The molecule has 3 aromatic rings. The van der Waals surface area contributed by atoms with E-state index in [1.54, 1.807) is 7.11 Å². The average Bonchev–Trinajstić information content (AvgIpc) is 2.57. The molecule has 0 unspecified atom stereocenters. The Balaban J connectivity index is 2.10. The van der Waals surface area contributed by atoms with Gasteiger partial charge in [0.25, 0.3) is 0 Å². The van der Waals surface area contributed by atoms with Crippen molar-refractivity contribution in [3.63, 3.8) is 0 Å². The number of aryl methyl sites for hydroxylation is 2. The van der Waals surface area contributed by atoms with Gasteiger partial charge >= 0.3 is 0 Å². The smallest absolute Gasteiger partial charge is 0.221 e. The molecule has 0 aliphatic rings. The number of ether oxygens (including phenoxy) is 1. The Labute approximate surface area is 136 Å². The van der Waals surface area contributed by atoms with E-state index in [1.165, 1.54) is 11.1 Å². The van der Waals surface area contributed by atoms with E-state index in [0.717, 1.165) is 28.3 Å². The number of nitrogen functional groups attached to an aromatic ring is 1. The van der Waals surface area contributed by atoms with E-state index >= 15 is 0 Å². The predicted molar refractivity (Wildman–Crippen MR) is 93.3 cm³/mol. The molecule has 0 saturated heterocycles. The Hall–Kier alpha value is -2.88. The van der Waals surface area contributed by atoms with E-state index in [9.17, 15) is 0 Å². The van der Waals surface area contributed by atoms with Crippen molar-refractivity contribution in [2.75, 3.05) is 12.8 Å². The molecule has 2 aromatic carbocycles. The van der Waals surface area contributed by atoms with Gasteiger partial charge in [-0.1, -0.05) is 24.3 Å². The fraction of sp³-hybridized carbons (Fsp3) is 0.158. The van der Waals surface area contributed by atoms with Gasteiger partial charge in [-0.05, 0) is 49.2 Å². The number of benzene rings is 2. The minimum Gasteiger partial charge on any atom is -0.497 e. The molecule has 4 heteroatoms. The second kappa shape index (κ2) is 6.08. The molecule has 2 N–H and O–H groups in total. The van der Waals surface area contributed by atoms with Crippen LogP contribution in [0.1, 0.15) is 11.1 Å². The number of methoxy groups -OCH3 is 1. The van der Waals surface area contributed by atoms with Crippen LogP contribution in [0.4, 0.5) is 5.95 Å². The molecule has 0 fully saturated rings. The number of nitrogens with zero attached hydrogens (tertiary/aromatic N) is 2. The summed E-state index contributed by atoms with van der Waals surface area (Å²) in [7, 11) is 1.65. The van der Waals surface area contributed by atoms with Gasteiger partial charge in [0.15, 0.2) is 0 Å². The van der Waals surface area contributed by atoms with E-state index in [1.807, 2.05) is 30.3 Å². The van der Waals surface area contributed by atoms with Crippen LogP contribution >= 0.6 is 0 Å². The Morgan fingerprint density at radius 2 is 1.52 bits per heavy atom. The molecule has 0 atom stereocenters. The first kappa shape index (κ1) is 15.0. The third kappa shape index (κ3) is 3.16. The van der Waals surface area contributed by atoms with Crippen molar-refractivity contribution in [3.8, 4) is 28.3 Å². The van der Waals surface area contributed by atoms with Gasteiger partial charge < -0.3 is 10.5 Å². The highest BCUT2D eigenvalue weighted by Crippen LogP contribution is 2.27. The van der Waals surface area contributed by atoms with Crippen molar-refractivity contribution >= 4 is 5.95 Å². The standard InChI is InChI=1S/C19H19N3O/c1-12-7-8-15(9-13(12)2)18-11-17(21-19(20)22-18)14-5-4-6-16(10-14)23-3/h4-11H,1-3H3,(H2,20,21,22). The summed E-state index contributed by atoms with van der Waals surface area (Å²) in [6.07, 6.45) is 0. The summed E-state index contributed by atoms with van der Waals surface area (Å²) in [4.78, 5) is 8.73. The average molecular weight is 305 g/mol. The molecule has 116 valence electrons. The van der Waals surface area contributed by atoms with E-state index < -0.39 is 0 Å². The normalized spacial score (nSPS) is 10.6. The highest BCUT2D eigenvalue weighted by atomic mass is 16.5. The maximum Gasteiger partial charge on any atom is 0.221 e. The molecule has 0 amide bonds. The van der Waals surface area contributed by atoms with Crippen LogP contribution in [0, 0.1) is 13.8 Å². The minimum absolute atomic E-state index is 0.263. The van der Waals surface area contributed by atoms with E-state index in [4.69, 9.17) is 10.5 Å². The van der Waals surface area contributed by atoms with Crippen molar-refractivity contribution in [1.82, 2.24) is 9.97 Å². The largest absolute Gasteiger partial charge is 0.497 e. The summed E-state index contributed by atoms with van der Waals surface area (Å²) in [6, 6.07) is 16.0. The first-order valence-electron chi connectivity index (χ1n) is 7.43. The third-order valence-electron chi connectivity index (χ3n) is 3.91. The van der Waals surface area contributed by atoms with Crippen molar-refractivity contribution in [1.29, 1.82) is 0 Å². The Kier molecular flexibility index (Phi) is 3.98. The molecule has 0 aliphatic heterocycles. The number of nitrogens with two attached hydrogens (primary N) is 1. The molecule has 0 aliphatic carbocycles. The third-order valence-corrected chi connectivity index (χ3v) is 3.91. The SMILES string of the molecule is COc1cccc(-c2cc(-c3ccc(C)c(C)c3)nc(N)n2)c1. The first-order valence-corrected chi connectivity index (χ1v) is 7.43. The lowest BCUT2D eigenvalue weighted by molar-refractivity contribution is 0.415. The van der Waals surface area contributed by atoms with E-state index in [2.05, 4.69) is 42.0 Å². The topological polar surface area (TPSA) is 61.0 Å². The Bertz CT molecular complexity index is 859. The van der Waals surface area contributed by atoms with Gasteiger partial charge in [0, 0.05) is 11.1 Å². The molecule has 4 nitrogen and oxygen atoms in total. The second-order valence-corrected chi connectivity index (χ2v) is 5.53. The zero-order valence-corrected chi connectivity index (χ0v) is 13.5. The summed E-state index contributed by atoms with van der Waals surface area (Å²) in [5.41, 5.74) is 12.0. The van der Waals surface area contributed by atoms with Gasteiger partial charge in [-0.15, -0.1) is 0 Å². The van der Waals surface area contributed by atoms with Crippen LogP contribution in [0.5, 0.6) is 5.75 Å². The molecular weight excluding hydrogens is 286 g/mol. The van der Waals surface area contributed by atoms with Gasteiger partial charge in [0.05, 0.1) is 18.5 Å². The summed E-state index contributed by atoms with van der Waals surface area (Å²) >= 11 is 0. The molecule has 0 saturated carbocycles. The second-order valence-electron chi connectivity index (χ2n) is 5.53. The molecule has 1 aromatic heterocycles. The molecule has 3 rings (SSSR count). The van der Waals surface area contributed by atoms with E-state index in [-0.39, 0.29) is 5.95 Å². The van der Waals surface area contributed by atoms with Crippen LogP contribution in [0.2, 0.25) is 0 Å². The number of aromatic nitrogens is 2. The van der Waals surface area contributed by atoms with Crippen molar-refractivity contribution in [2.24, 2.45) is 0 Å². The number of anilines is 1. The quantitative estimate of drug-likeness (QED) is 0.794. The minimum atomic E-state index is 0.263. The highest BCUT2D eigenvalue weighted by Gasteiger charge is 2.08. The number of hydrogen-bond acceptors (Lipinski definition) is 4. The van der Waals surface area contributed by atoms with Crippen molar-refractivity contribution in [2.45, 2.75) is 13.8 Å². The molecule has 1 heterocycles. The molecule has 0 spiro atoms. The zero-order chi connectivity index (χ0) is 16.4. The maximum atomic E-state index is 5.92. The van der Waals surface area contributed by atoms with Crippen molar-refractivity contribution < 1.29 is 4.74 Å². The van der Waals surface area contributed by atoms with Gasteiger partial charge in [-0.2, -0.15) is 0 Å². The van der Waals surface area contributed by atoms with Gasteiger partial charge in [-0.25, -0.2) is 9.97 Å². The van der Waals surface area contributed by atoms with E-state index in [0.29, 0.717) is 0 Å². The first-order chi connectivity index (χ1) is 11.1.